The third-order valence-electron chi connectivity index (χ3n) is 2.27. The van der Waals surface area contributed by atoms with Crippen molar-refractivity contribution in [3.8, 4) is 0 Å². The first-order chi connectivity index (χ1) is 8.15. The fourth-order valence-corrected chi connectivity index (χ4v) is 2.95. The van der Waals surface area contributed by atoms with Crippen LogP contribution in [0.15, 0.2) is 22.2 Å². The first kappa shape index (κ1) is 12.1. The Morgan fingerprint density at radius 3 is 3.06 bits per heavy atom. The quantitative estimate of drug-likeness (QED) is 0.875. The second-order valence-corrected chi connectivity index (χ2v) is 5.28. The van der Waals surface area contributed by atoms with Gasteiger partial charge in [0.2, 0.25) is 0 Å². The summed E-state index contributed by atoms with van der Waals surface area (Å²) < 4.78 is 0. The summed E-state index contributed by atoms with van der Waals surface area (Å²) in [6.07, 6.45) is -0.0228. The van der Waals surface area contributed by atoms with Crippen molar-refractivity contribution in [1.82, 2.24) is 4.98 Å². The molecule has 1 atom stereocenters. The minimum Gasteiger partial charge on any atom is -0.481 e. The lowest BCUT2D eigenvalue weighted by Crippen LogP contribution is -2.06. The number of hydrogen-bond acceptors (Lipinski definition) is 5. The molecule has 2 aromatic rings. The maximum Gasteiger partial charge on any atom is 0.309 e. The smallest absolute Gasteiger partial charge is 0.309 e. The monoisotopic (exact) mass is 268 g/mol. The molecule has 0 aliphatic carbocycles. The van der Waals surface area contributed by atoms with E-state index in [0.29, 0.717) is 5.69 Å². The molecule has 6 heteroatoms. The molecule has 2 rings (SSSR count). The summed E-state index contributed by atoms with van der Waals surface area (Å²) in [6.45, 7) is 2.06. The zero-order valence-corrected chi connectivity index (χ0v) is 10.8. The van der Waals surface area contributed by atoms with Crippen LogP contribution in [0.4, 0.5) is 5.13 Å². The molecule has 4 nitrogen and oxygen atoms in total. The Morgan fingerprint density at radius 2 is 2.41 bits per heavy atom. The lowest BCUT2D eigenvalue weighted by atomic mass is 10.2. The van der Waals surface area contributed by atoms with Crippen molar-refractivity contribution in [1.29, 1.82) is 0 Å². The van der Waals surface area contributed by atoms with E-state index in [1.807, 2.05) is 5.38 Å². The number of anilines is 1. The van der Waals surface area contributed by atoms with Gasteiger partial charge in [0.15, 0.2) is 5.13 Å². The Hall–Kier alpha value is -1.40. The van der Waals surface area contributed by atoms with Gasteiger partial charge in [0.25, 0.3) is 0 Å². The van der Waals surface area contributed by atoms with Crippen LogP contribution in [0.25, 0.3) is 0 Å². The summed E-state index contributed by atoms with van der Waals surface area (Å²) in [6, 6.07) is 2.25. The summed E-state index contributed by atoms with van der Waals surface area (Å²) in [5.41, 5.74) is 1.81. The van der Waals surface area contributed by atoms with E-state index in [-0.39, 0.29) is 12.5 Å². The number of nitrogens with one attached hydrogen (secondary N) is 1. The number of hydrogen-bond donors (Lipinski definition) is 2. The summed E-state index contributed by atoms with van der Waals surface area (Å²) >= 11 is 3.09. The third-order valence-corrected chi connectivity index (χ3v) is 3.79. The van der Waals surface area contributed by atoms with Crippen LogP contribution in [0.1, 0.15) is 24.2 Å². The van der Waals surface area contributed by atoms with Crippen molar-refractivity contribution < 1.29 is 9.90 Å². The molecule has 1 unspecified atom stereocenters. The van der Waals surface area contributed by atoms with Gasteiger partial charge in [-0.15, -0.1) is 11.3 Å². The van der Waals surface area contributed by atoms with E-state index in [4.69, 9.17) is 5.11 Å². The van der Waals surface area contributed by atoms with Crippen LogP contribution >= 0.6 is 22.7 Å². The van der Waals surface area contributed by atoms with Crippen molar-refractivity contribution in [2.24, 2.45) is 0 Å². The van der Waals surface area contributed by atoms with Gasteiger partial charge < -0.3 is 10.4 Å². The van der Waals surface area contributed by atoms with Crippen molar-refractivity contribution in [2.75, 3.05) is 5.32 Å². The van der Waals surface area contributed by atoms with Crippen molar-refractivity contribution >= 4 is 33.8 Å². The van der Waals surface area contributed by atoms with Crippen LogP contribution in [0.5, 0.6) is 0 Å². The number of carboxylic acid groups (broad SMARTS) is 1. The topological polar surface area (TPSA) is 62.2 Å². The van der Waals surface area contributed by atoms with Crippen LogP contribution in [-0.4, -0.2) is 16.1 Å². The zero-order valence-electron chi connectivity index (χ0n) is 9.21. The lowest BCUT2D eigenvalue weighted by molar-refractivity contribution is -0.136. The van der Waals surface area contributed by atoms with Gasteiger partial charge in [-0.05, 0) is 29.3 Å². The van der Waals surface area contributed by atoms with E-state index in [1.54, 1.807) is 16.7 Å². The van der Waals surface area contributed by atoms with Crippen LogP contribution in [0.3, 0.4) is 0 Å². The van der Waals surface area contributed by atoms with Gasteiger partial charge >= 0.3 is 5.97 Å². The van der Waals surface area contributed by atoms with Crippen molar-refractivity contribution in [3.05, 3.63) is 33.5 Å². The minimum atomic E-state index is -0.854. The molecule has 0 amide bonds. The maximum atomic E-state index is 10.5. The van der Waals surface area contributed by atoms with E-state index in [2.05, 4.69) is 28.7 Å². The molecule has 0 aromatic carbocycles. The SMILES string of the molecule is CC(Nc1nc(CC(=O)O)cs1)c1ccsc1. The Bertz CT molecular complexity index is 493. The summed E-state index contributed by atoms with van der Waals surface area (Å²) in [7, 11) is 0. The Labute approximate surface area is 107 Å². The molecular weight excluding hydrogens is 256 g/mol. The molecule has 0 radical (unpaired) electrons. The van der Waals surface area contributed by atoms with Crippen LogP contribution in [0.2, 0.25) is 0 Å². The third kappa shape index (κ3) is 3.28. The van der Waals surface area contributed by atoms with E-state index in [9.17, 15) is 4.79 Å². The Morgan fingerprint density at radius 1 is 1.59 bits per heavy atom. The molecule has 0 bridgehead atoms. The molecule has 0 spiro atoms. The Kier molecular flexibility index (Phi) is 3.75. The van der Waals surface area contributed by atoms with Gasteiger partial charge in [0.05, 0.1) is 18.2 Å². The second kappa shape index (κ2) is 5.29. The average molecular weight is 268 g/mol. The molecule has 2 aromatic heterocycles. The number of rotatable bonds is 5. The van der Waals surface area contributed by atoms with Gasteiger partial charge in [-0.2, -0.15) is 11.3 Å². The standard InChI is InChI=1S/C11H12N2O2S2/c1-7(8-2-3-16-5-8)12-11-13-9(6-17-11)4-10(14)15/h2-3,5-7H,4H2,1H3,(H,12,13)(H,14,15). The van der Waals surface area contributed by atoms with Gasteiger partial charge in [0.1, 0.15) is 0 Å². The van der Waals surface area contributed by atoms with E-state index in [1.165, 1.54) is 16.9 Å². The van der Waals surface area contributed by atoms with E-state index >= 15 is 0 Å². The molecule has 2 heterocycles. The van der Waals surface area contributed by atoms with Gasteiger partial charge in [-0.25, -0.2) is 4.98 Å². The predicted molar refractivity (Wildman–Crippen MR) is 69.8 cm³/mol. The predicted octanol–water partition coefficient (Wildman–Crippen LogP) is 3.00. The largest absolute Gasteiger partial charge is 0.481 e. The molecule has 17 heavy (non-hydrogen) atoms. The normalized spacial score (nSPS) is 12.3. The van der Waals surface area contributed by atoms with Crippen LogP contribution < -0.4 is 5.32 Å². The summed E-state index contributed by atoms with van der Waals surface area (Å²) in [5, 5.41) is 18.6. The zero-order chi connectivity index (χ0) is 12.3. The highest BCUT2D eigenvalue weighted by Gasteiger charge is 2.10. The number of aliphatic carboxylic acids is 1. The highest BCUT2D eigenvalue weighted by atomic mass is 32.1. The van der Waals surface area contributed by atoms with E-state index < -0.39 is 5.97 Å². The minimum absolute atomic E-state index is 0.0228. The van der Waals surface area contributed by atoms with Crippen molar-refractivity contribution in [2.45, 2.75) is 19.4 Å². The van der Waals surface area contributed by atoms with E-state index in [0.717, 1.165) is 5.13 Å². The fourth-order valence-electron chi connectivity index (χ4n) is 1.40. The fraction of sp³-hybridized carbons (Fsp3) is 0.273. The number of nitrogens with zero attached hydrogens (tertiary/aromatic N) is 1. The molecule has 0 fully saturated rings. The number of carboxylic acids is 1. The highest BCUT2D eigenvalue weighted by Crippen LogP contribution is 2.23. The number of aromatic nitrogens is 1. The van der Waals surface area contributed by atoms with Crippen molar-refractivity contribution in [3.63, 3.8) is 0 Å². The van der Waals surface area contributed by atoms with Gasteiger partial charge in [-0.3, -0.25) is 4.79 Å². The average Bonchev–Trinajstić information content (AvgIpc) is 2.87. The molecule has 0 aliphatic rings. The highest BCUT2D eigenvalue weighted by molar-refractivity contribution is 7.13. The summed E-state index contributed by atoms with van der Waals surface area (Å²) in [5.74, 6) is -0.854. The number of carbonyl (C=O) groups is 1. The molecule has 90 valence electrons. The molecule has 0 saturated carbocycles. The summed E-state index contributed by atoms with van der Waals surface area (Å²) in [4.78, 5) is 14.8. The molecule has 0 aliphatic heterocycles. The maximum absolute atomic E-state index is 10.5. The molecule has 0 saturated heterocycles. The van der Waals surface area contributed by atoms with Crippen LogP contribution in [-0.2, 0) is 11.2 Å². The van der Waals surface area contributed by atoms with Gasteiger partial charge in [0, 0.05) is 5.38 Å². The molecular formula is C11H12N2O2S2. The molecule has 2 N–H and O–H groups in total. The number of thiazole rings is 1. The van der Waals surface area contributed by atoms with Crippen LogP contribution in [0, 0.1) is 0 Å². The first-order valence-electron chi connectivity index (χ1n) is 5.10. The van der Waals surface area contributed by atoms with Gasteiger partial charge in [-0.1, -0.05) is 0 Å². The lowest BCUT2D eigenvalue weighted by Gasteiger charge is -2.10. The Balaban J connectivity index is 1.99. The first-order valence-corrected chi connectivity index (χ1v) is 6.92. The number of thiophene rings is 1. The second-order valence-electron chi connectivity index (χ2n) is 3.64.